The maximum atomic E-state index is 11.8. The molecule has 0 aliphatic rings. The van der Waals surface area contributed by atoms with Gasteiger partial charge >= 0.3 is 0 Å². The molecule has 4 N–H and O–H groups in total. The fourth-order valence-corrected chi connectivity index (χ4v) is 1.14. The van der Waals surface area contributed by atoms with E-state index in [1.54, 1.807) is 39.0 Å². The van der Waals surface area contributed by atoms with Crippen molar-refractivity contribution in [1.82, 2.24) is 0 Å². The van der Waals surface area contributed by atoms with Gasteiger partial charge in [0.2, 0.25) is 5.91 Å². The summed E-state index contributed by atoms with van der Waals surface area (Å²) in [5.41, 5.74) is 6.01. The molecule has 1 aromatic rings. The van der Waals surface area contributed by atoms with Crippen molar-refractivity contribution in [3.8, 4) is 5.75 Å². The lowest BCUT2D eigenvalue weighted by atomic mass is 9.92. The molecule has 16 heavy (non-hydrogen) atoms. The van der Waals surface area contributed by atoms with Gasteiger partial charge in [0.25, 0.3) is 0 Å². The molecule has 0 atom stereocenters. The topological polar surface area (TPSA) is 75.4 Å². The summed E-state index contributed by atoms with van der Waals surface area (Å²) in [6, 6.07) is 5.21. The summed E-state index contributed by atoms with van der Waals surface area (Å²) in [7, 11) is 0. The zero-order valence-corrected chi connectivity index (χ0v) is 9.87. The number of benzene rings is 1. The Morgan fingerprint density at radius 2 is 2.12 bits per heavy atom. The summed E-state index contributed by atoms with van der Waals surface area (Å²) in [5.74, 6) is -0.0976. The fourth-order valence-electron chi connectivity index (χ4n) is 1.14. The van der Waals surface area contributed by atoms with Crippen LogP contribution in [0, 0.1) is 12.3 Å². The van der Waals surface area contributed by atoms with Gasteiger partial charge in [-0.05, 0) is 32.4 Å². The third-order valence-corrected chi connectivity index (χ3v) is 2.61. The van der Waals surface area contributed by atoms with Crippen molar-refractivity contribution in [2.24, 2.45) is 11.1 Å². The van der Waals surface area contributed by atoms with Crippen LogP contribution in [0.4, 0.5) is 5.69 Å². The quantitative estimate of drug-likeness (QED) is 0.680. The molecule has 4 nitrogen and oxygen atoms in total. The molecule has 1 amide bonds. The van der Waals surface area contributed by atoms with E-state index in [1.807, 2.05) is 0 Å². The number of nitrogens with one attached hydrogen (secondary N) is 1. The van der Waals surface area contributed by atoms with E-state index in [1.165, 1.54) is 0 Å². The largest absolute Gasteiger partial charge is 0.505 e. The van der Waals surface area contributed by atoms with Gasteiger partial charge in [0.15, 0.2) is 0 Å². The number of phenols is 1. The number of carbonyl (C=O) groups excluding carboxylic acids is 1. The number of rotatable bonds is 3. The number of anilines is 1. The fraction of sp³-hybridized carbons (Fsp3) is 0.417. The molecular formula is C12H18N2O2. The van der Waals surface area contributed by atoms with Gasteiger partial charge < -0.3 is 16.2 Å². The number of aryl methyl sites for hydroxylation is 1. The second kappa shape index (κ2) is 4.53. The first-order valence-electron chi connectivity index (χ1n) is 5.18. The zero-order chi connectivity index (χ0) is 12.3. The Bertz CT molecular complexity index is 400. The summed E-state index contributed by atoms with van der Waals surface area (Å²) >= 11 is 0. The molecule has 88 valence electrons. The highest BCUT2D eigenvalue weighted by Crippen LogP contribution is 2.28. The van der Waals surface area contributed by atoms with E-state index in [0.717, 1.165) is 5.56 Å². The van der Waals surface area contributed by atoms with E-state index in [2.05, 4.69) is 5.32 Å². The molecule has 0 aliphatic heterocycles. The first kappa shape index (κ1) is 12.5. The van der Waals surface area contributed by atoms with E-state index in [4.69, 9.17) is 5.73 Å². The number of aromatic hydroxyl groups is 1. The molecule has 0 aliphatic carbocycles. The summed E-state index contributed by atoms with van der Waals surface area (Å²) in [4.78, 5) is 11.8. The number of hydrogen-bond acceptors (Lipinski definition) is 3. The van der Waals surface area contributed by atoms with Crippen LogP contribution in [0.25, 0.3) is 0 Å². The first-order chi connectivity index (χ1) is 7.38. The molecule has 0 saturated heterocycles. The predicted octanol–water partition coefficient (Wildman–Crippen LogP) is 1.62. The molecule has 4 heteroatoms. The minimum Gasteiger partial charge on any atom is -0.505 e. The van der Waals surface area contributed by atoms with Gasteiger partial charge in [0.05, 0.1) is 11.1 Å². The predicted molar refractivity (Wildman–Crippen MR) is 64.3 cm³/mol. The molecule has 1 rings (SSSR count). The average Bonchev–Trinajstić information content (AvgIpc) is 2.24. The van der Waals surface area contributed by atoms with Gasteiger partial charge in [-0.2, -0.15) is 0 Å². The Hall–Kier alpha value is -1.55. The Kier molecular flexibility index (Phi) is 3.55. The van der Waals surface area contributed by atoms with Crippen LogP contribution in [-0.4, -0.2) is 17.6 Å². The van der Waals surface area contributed by atoms with E-state index in [0.29, 0.717) is 5.69 Å². The molecule has 0 aromatic heterocycles. The smallest absolute Gasteiger partial charge is 0.231 e. The highest BCUT2D eigenvalue weighted by molar-refractivity contribution is 5.96. The van der Waals surface area contributed by atoms with Gasteiger partial charge in [-0.1, -0.05) is 12.1 Å². The van der Waals surface area contributed by atoms with Crippen molar-refractivity contribution in [3.05, 3.63) is 23.8 Å². The lowest BCUT2D eigenvalue weighted by Crippen LogP contribution is -2.37. The number of carbonyl (C=O) groups is 1. The monoisotopic (exact) mass is 222 g/mol. The highest BCUT2D eigenvalue weighted by atomic mass is 16.3. The number of nitrogens with two attached hydrogens (primary N) is 1. The van der Waals surface area contributed by atoms with Crippen molar-refractivity contribution in [2.75, 3.05) is 11.9 Å². The maximum Gasteiger partial charge on any atom is 0.231 e. The summed E-state index contributed by atoms with van der Waals surface area (Å²) < 4.78 is 0. The SMILES string of the molecule is Cc1cccc(NC(=O)C(C)(C)CN)c1O. The number of phenolic OH excluding ortho intramolecular Hbond substituents is 1. The Labute approximate surface area is 95.5 Å². The van der Waals surface area contributed by atoms with Crippen LogP contribution >= 0.6 is 0 Å². The second-order valence-electron chi connectivity index (χ2n) is 4.51. The van der Waals surface area contributed by atoms with Crippen molar-refractivity contribution in [1.29, 1.82) is 0 Å². The van der Waals surface area contributed by atoms with Crippen molar-refractivity contribution in [2.45, 2.75) is 20.8 Å². The van der Waals surface area contributed by atoms with Gasteiger partial charge in [-0.25, -0.2) is 0 Å². The number of hydrogen-bond donors (Lipinski definition) is 3. The van der Waals surface area contributed by atoms with Crippen molar-refractivity contribution >= 4 is 11.6 Å². The molecule has 0 heterocycles. The standard InChI is InChI=1S/C12H18N2O2/c1-8-5-4-6-9(10(8)15)14-11(16)12(2,3)7-13/h4-6,15H,7,13H2,1-3H3,(H,14,16). The molecule has 0 spiro atoms. The maximum absolute atomic E-state index is 11.8. The Morgan fingerprint density at radius 3 is 2.69 bits per heavy atom. The lowest BCUT2D eigenvalue weighted by Gasteiger charge is -2.21. The summed E-state index contributed by atoms with van der Waals surface area (Å²) in [5, 5.41) is 12.4. The normalized spacial score (nSPS) is 11.2. The van der Waals surface area contributed by atoms with Crippen LogP contribution in [-0.2, 0) is 4.79 Å². The minimum atomic E-state index is -0.643. The Morgan fingerprint density at radius 1 is 1.50 bits per heavy atom. The molecule has 0 bridgehead atoms. The van der Waals surface area contributed by atoms with Crippen LogP contribution in [0.2, 0.25) is 0 Å². The third-order valence-electron chi connectivity index (χ3n) is 2.61. The molecule has 0 unspecified atom stereocenters. The van der Waals surface area contributed by atoms with Gasteiger partial charge in [0, 0.05) is 6.54 Å². The molecular weight excluding hydrogens is 204 g/mol. The third kappa shape index (κ3) is 2.52. The lowest BCUT2D eigenvalue weighted by molar-refractivity contribution is -0.123. The Balaban J connectivity index is 2.90. The van der Waals surface area contributed by atoms with Crippen LogP contribution in [0.1, 0.15) is 19.4 Å². The molecule has 0 saturated carbocycles. The first-order valence-corrected chi connectivity index (χ1v) is 5.18. The molecule has 0 radical (unpaired) electrons. The van der Waals surface area contributed by atoms with Crippen LogP contribution in [0.15, 0.2) is 18.2 Å². The molecule has 1 aromatic carbocycles. The summed E-state index contributed by atoms with van der Waals surface area (Å²) in [6.45, 7) is 5.55. The highest BCUT2D eigenvalue weighted by Gasteiger charge is 2.26. The van der Waals surface area contributed by atoms with Gasteiger partial charge in [-0.3, -0.25) is 4.79 Å². The van der Waals surface area contributed by atoms with Crippen LogP contribution in [0.5, 0.6) is 5.75 Å². The second-order valence-corrected chi connectivity index (χ2v) is 4.51. The number of para-hydroxylation sites is 1. The van der Waals surface area contributed by atoms with Gasteiger partial charge in [-0.15, -0.1) is 0 Å². The van der Waals surface area contributed by atoms with E-state index >= 15 is 0 Å². The van der Waals surface area contributed by atoms with Crippen molar-refractivity contribution in [3.63, 3.8) is 0 Å². The van der Waals surface area contributed by atoms with E-state index in [-0.39, 0.29) is 18.2 Å². The summed E-state index contributed by atoms with van der Waals surface area (Å²) in [6.07, 6.45) is 0. The van der Waals surface area contributed by atoms with Crippen LogP contribution in [0.3, 0.4) is 0 Å². The average molecular weight is 222 g/mol. The van der Waals surface area contributed by atoms with Gasteiger partial charge in [0.1, 0.15) is 5.75 Å². The van der Waals surface area contributed by atoms with Crippen molar-refractivity contribution < 1.29 is 9.90 Å². The van der Waals surface area contributed by atoms with Crippen LogP contribution < -0.4 is 11.1 Å². The van der Waals surface area contributed by atoms with E-state index < -0.39 is 5.41 Å². The van der Waals surface area contributed by atoms with E-state index in [9.17, 15) is 9.90 Å². The zero-order valence-electron chi connectivity index (χ0n) is 9.87. The number of amides is 1. The minimum absolute atomic E-state index is 0.101. The molecule has 0 fully saturated rings.